The summed E-state index contributed by atoms with van der Waals surface area (Å²) in [6.45, 7) is 6.85. The summed E-state index contributed by atoms with van der Waals surface area (Å²) in [7, 11) is 0. The number of benzene rings is 1. The van der Waals surface area contributed by atoms with Crippen LogP contribution in [0, 0.1) is 12.3 Å². The zero-order chi connectivity index (χ0) is 13.6. The topological polar surface area (TPSA) is 49.3 Å². The summed E-state index contributed by atoms with van der Waals surface area (Å²) >= 11 is 0. The van der Waals surface area contributed by atoms with Crippen LogP contribution in [0.4, 0.5) is 0 Å². The molecule has 0 aliphatic carbocycles. The van der Waals surface area contributed by atoms with Gasteiger partial charge in [-0.3, -0.25) is 4.79 Å². The highest BCUT2D eigenvalue weighted by molar-refractivity contribution is 5.78. The Labute approximate surface area is 109 Å². The van der Waals surface area contributed by atoms with Crippen molar-refractivity contribution < 1.29 is 9.90 Å². The van der Waals surface area contributed by atoms with Crippen LogP contribution in [0.2, 0.25) is 0 Å². The lowest BCUT2D eigenvalue weighted by Gasteiger charge is -2.23. The Bertz CT molecular complexity index is 382. The Morgan fingerprint density at radius 2 is 1.89 bits per heavy atom. The van der Waals surface area contributed by atoms with Crippen LogP contribution in [-0.2, 0) is 11.2 Å². The lowest BCUT2D eigenvalue weighted by atomic mass is 9.89. The van der Waals surface area contributed by atoms with Gasteiger partial charge in [0.2, 0.25) is 5.91 Å². The summed E-state index contributed by atoms with van der Waals surface area (Å²) in [6.07, 6.45) is 1.10. The third-order valence-corrected chi connectivity index (χ3v) is 3.04. The molecule has 3 heteroatoms. The van der Waals surface area contributed by atoms with Crippen molar-refractivity contribution in [2.75, 3.05) is 13.2 Å². The van der Waals surface area contributed by atoms with E-state index in [1.807, 2.05) is 45.0 Å². The van der Waals surface area contributed by atoms with Gasteiger partial charge in [-0.1, -0.05) is 43.7 Å². The van der Waals surface area contributed by atoms with Gasteiger partial charge in [0.05, 0.1) is 6.42 Å². The average Bonchev–Trinajstić information content (AvgIpc) is 2.30. The van der Waals surface area contributed by atoms with Crippen LogP contribution in [0.3, 0.4) is 0 Å². The monoisotopic (exact) mass is 249 g/mol. The van der Waals surface area contributed by atoms with Gasteiger partial charge in [0.25, 0.3) is 0 Å². The van der Waals surface area contributed by atoms with Crippen molar-refractivity contribution >= 4 is 5.91 Å². The zero-order valence-electron chi connectivity index (χ0n) is 11.5. The minimum Gasteiger partial charge on any atom is -0.396 e. The summed E-state index contributed by atoms with van der Waals surface area (Å²) in [5, 5.41) is 11.8. The SMILES string of the molecule is Cc1ccc(CC(=O)NCC(C)(C)CCO)cc1. The minimum absolute atomic E-state index is 0.0323. The molecule has 2 N–H and O–H groups in total. The summed E-state index contributed by atoms with van der Waals surface area (Å²) in [5.41, 5.74) is 2.17. The van der Waals surface area contributed by atoms with Crippen LogP contribution >= 0.6 is 0 Å². The van der Waals surface area contributed by atoms with E-state index in [1.165, 1.54) is 5.56 Å². The first-order valence-electron chi connectivity index (χ1n) is 6.36. The molecule has 18 heavy (non-hydrogen) atoms. The first-order chi connectivity index (χ1) is 8.43. The van der Waals surface area contributed by atoms with Crippen molar-refractivity contribution in [3.8, 4) is 0 Å². The number of aliphatic hydroxyl groups excluding tert-OH is 1. The minimum atomic E-state index is -0.0579. The molecule has 0 unspecified atom stereocenters. The number of carbonyl (C=O) groups is 1. The Hall–Kier alpha value is -1.35. The predicted molar refractivity (Wildman–Crippen MR) is 73.4 cm³/mol. The smallest absolute Gasteiger partial charge is 0.224 e. The van der Waals surface area contributed by atoms with Crippen molar-refractivity contribution in [3.63, 3.8) is 0 Å². The van der Waals surface area contributed by atoms with E-state index in [9.17, 15) is 4.79 Å². The molecule has 1 rings (SSSR count). The van der Waals surface area contributed by atoms with Gasteiger partial charge in [-0.2, -0.15) is 0 Å². The Kier molecular flexibility index (Phi) is 5.35. The second kappa shape index (κ2) is 6.55. The van der Waals surface area contributed by atoms with Crippen molar-refractivity contribution in [2.45, 2.75) is 33.6 Å². The van der Waals surface area contributed by atoms with Crippen molar-refractivity contribution in [2.24, 2.45) is 5.41 Å². The molecule has 0 heterocycles. The Morgan fingerprint density at radius 1 is 1.28 bits per heavy atom. The van der Waals surface area contributed by atoms with E-state index in [1.54, 1.807) is 0 Å². The van der Waals surface area contributed by atoms with Crippen molar-refractivity contribution in [1.82, 2.24) is 5.32 Å². The first kappa shape index (κ1) is 14.7. The maximum Gasteiger partial charge on any atom is 0.224 e. The van der Waals surface area contributed by atoms with E-state index in [4.69, 9.17) is 5.11 Å². The molecule has 3 nitrogen and oxygen atoms in total. The highest BCUT2D eigenvalue weighted by atomic mass is 16.3. The van der Waals surface area contributed by atoms with Crippen LogP contribution in [0.1, 0.15) is 31.4 Å². The van der Waals surface area contributed by atoms with E-state index in [-0.39, 0.29) is 17.9 Å². The molecule has 0 radical (unpaired) electrons. The highest BCUT2D eigenvalue weighted by Crippen LogP contribution is 2.17. The molecule has 0 aliphatic heterocycles. The number of hydrogen-bond acceptors (Lipinski definition) is 2. The van der Waals surface area contributed by atoms with Gasteiger partial charge >= 0.3 is 0 Å². The van der Waals surface area contributed by atoms with E-state index in [0.29, 0.717) is 19.4 Å². The fraction of sp³-hybridized carbons (Fsp3) is 0.533. The van der Waals surface area contributed by atoms with E-state index >= 15 is 0 Å². The molecule has 1 aromatic rings. The van der Waals surface area contributed by atoms with Crippen molar-refractivity contribution in [3.05, 3.63) is 35.4 Å². The first-order valence-corrected chi connectivity index (χ1v) is 6.36. The standard InChI is InChI=1S/C15H23NO2/c1-12-4-6-13(7-5-12)10-14(18)16-11-15(2,3)8-9-17/h4-7,17H,8-11H2,1-3H3,(H,16,18). The fourth-order valence-corrected chi connectivity index (χ4v) is 1.68. The predicted octanol–water partition coefficient (Wildman–Crippen LogP) is 2.06. The molecule has 1 amide bonds. The second-order valence-electron chi connectivity index (χ2n) is 5.58. The number of rotatable bonds is 6. The summed E-state index contributed by atoms with van der Waals surface area (Å²) in [5.74, 6) is 0.0323. The highest BCUT2D eigenvalue weighted by Gasteiger charge is 2.17. The van der Waals surface area contributed by atoms with Gasteiger partial charge in [-0.25, -0.2) is 0 Å². The second-order valence-corrected chi connectivity index (χ2v) is 5.58. The number of nitrogens with one attached hydrogen (secondary N) is 1. The molecule has 100 valence electrons. The van der Waals surface area contributed by atoms with E-state index < -0.39 is 0 Å². The fourth-order valence-electron chi connectivity index (χ4n) is 1.68. The third-order valence-electron chi connectivity index (χ3n) is 3.04. The Balaban J connectivity index is 2.40. The lowest BCUT2D eigenvalue weighted by Crippen LogP contribution is -2.35. The van der Waals surface area contributed by atoms with Gasteiger partial charge in [-0.15, -0.1) is 0 Å². The maximum absolute atomic E-state index is 11.8. The molecule has 0 saturated heterocycles. The molecule has 0 spiro atoms. The van der Waals surface area contributed by atoms with Crippen LogP contribution in [0.25, 0.3) is 0 Å². The number of carbonyl (C=O) groups excluding carboxylic acids is 1. The summed E-state index contributed by atoms with van der Waals surface area (Å²) in [6, 6.07) is 7.98. The molecule has 0 saturated carbocycles. The van der Waals surface area contributed by atoms with Gasteiger partial charge in [0.1, 0.15) is 0 Å². The third kappa shape index (κ3) is 5.32. The molecule has 0 atom stereocenters. The van der Waals surface area contributed by atoms with Crippen LogP contribution < -0.4 is 5.32 Å². The van der Waals surface area contributed by atoms with E-state index in [0.717, 1.165) is 5.56 Å². The normalized spacial score (nSPS) is 11.3. The maximum atomic E-state index is 11.8. The largest absolute Gasteiger partial charge is 0.396 e. The molecule has 0 aliphatic rings. The summed E-state index contributed by atoms with van der Waals surface area (Å²) in [4.78, 5) is 11.8. The van der Waals surface area contributed by atoms with Gasteiger partial charge in [0.15, 0.2) is 0 Å². The summed E-state index contributed by atoms with van der Waals surface area (Å²) < 4.78 is 0. The molecule has 0 fully saturated rings. The lowest BCUT2D eigenvalue weighted by molar-refractivity contribution is -0.120. The molecule has 0 aromatic heterocycles. The molecule has 0 bridgehead atoms. The van der Waals surface area contributed by atoms with Gasteiger partial charge in [-0.05, 0) is 24.3 Å². The van der Waals surface area contributed by atoms with Gasteiger partial charge in [0, 0.05) is 13.2 Å². The molecular formula is C15H23NO2. The van der Waals surface area contributed by atoms with Gasteiger partial charge < -0.3 is 10.4 Å². The zero-order valence-corrected chi connectivity index (χ0v) is 11.5. The molecular weight excluding hydrogens is 226 g/mol. The van der Waals surface area contributed by atoms with Crippen LogP contribution in [0.15, 0.2) is 24.3 Å². The quantitative estimate of drug-likeness (QED) is 0.811. The van der Waals surface area contributed by atoms with Crippen molar-refractivity contribution in [1.29, 1.82) is 0 Å². The number of amides is 1. The Morgan fingerprint density at radius 3 is 2.44 bits per heavy atom. The molecule has 1 aromatic carbocycles. The van der Waals surface area contributed by atoms with Crippen LogP contribution in [-0.4, -0.2) is 24.2 Å². The number of aliphatic hydroxyl groups is 1. The number of hydrogen-bond donors (Lipinski definition) is 2. The number of aryl methyl sites for hydroxylation is 1. The van der Waals surface area contributed by atoms with Crippen LogP contribution in [0.5, 0.6) is 0 Å². The van der Waals surface area contributed by atoms with E-state index in [2.05, 4.69) is 5.32 Å². The average molecular weight is 249 g/mol.